The van der Waals surface area contributed by atoms with E-state index in [1.165, 1.54) is 0 Å². The maximum Gasteiger partial charge on any atom is 0.167 e. The number of benzene rings is 1. The summed E-state index contributed by atoms with van der Waals surface area (Å²) in [6.45, 7) is 4.07. The predicted octanol–water partition coefficient (Wildman–Crippen LogP) is 3.23. The van der Waals surface area contributed by atoms with Crippen LogP contribution in [-0.2, 0) is 6.54 Å². The molecule has 0 unspecified atom stereocenters. The van der Waals surface area contributed by atoms with Crippen molar-refractivity contribution in [3.8, 4) is 17.3 Å². The Morgan fingerprint density at radius 3 is 2.70 bits per heavy atom. The van der Waals surface area contributed by atoms with Crippen molar-refractivity contribution in [3.63, 3.8) is 0 Å². The lowest BCUT2D eigenvalue weighted by molar-refractivity contribution is 0.390. The number of rotatable bonds is 4. The number of hydrogen-bond donors (Lipinski definition) is 1. The molecule has 0 saturated carbocycles. The number of nitriles is 1. The SMILES string of the molecule is Cc1nnc(NCc2cc(-c3ccccc3)no2)c(C#N)c1C. The molecule has 0 bridgehead atoms. The summed E-state index contributed by atoms with van der Waals surface area (Å²) < 4.78 is 5.32. The lowest BCUT2D eigenvalue weighted by atomic mass is 10.1. The molecule has 3 rings (SSSR count). The smallest absolute Gasteiger partial charge is 0.167 e. The molecule has 0 atom stereocenters. The third-order valence-electron chi connectivity index (χ3n) is 3.62. The van der Waals surface area contributed by atoms with Crippen LogP contribution in [0.4, 0.5) is 5.82 Å². The molecule has 1 aromatic carbocycles. The largest absolute Gasteiger partial charge is 0.360 e. The van der Waals surface area contributed by atoms with Gasteiger partial charge in [-0.15, -0.1) is 5.10 Å². The van der Waals surface area contributed by atoms with Crippen molar-refractivity contribution in [2.24, 2.45) is 0 Å². The number of aromatic nitrogens is 3. The van der Waals surface area contributed by atoms with E-state index in [0.29, 0.717) is 23.7 Å². The molecule has 6 nitrogen and oxygen atoms in total. The Balaban J connectivity index is 1.77. The van der Waals surface area contributed by atoms with Crippen molar-refractivity contribution in [3.05, 3.63) is 59.0 Å². The highest BCUT2D eigenvalue weighted by molar-refractivity contribution is 5.59. The first kappa shape index (κ1) is 14.7. The van der Waals surface area contributed by atoms with Gasteiger partial charge in [0.05, 0.1) is 12.2 Å². The van der Waals surface area contributed by atoms with Crippen LogP contribution in [0.3, 0.4) is 0 Å². The van der Waals surface area contributed by atoms with Gasteiger partial charge >= 0.3 is 0 Å². The van der Waals surface area contributed by atoms with E-state index in [9.17, 15) is 5.26 Å². The van der Waals surface area contributed by atoms with E-state index in [1.807, 2.05) is 50.2 Å². The Bertz CT molecular complexity index is 864. The van der Waals surface area contributed by atoms with Gasteiger partial charge in [0.15, 0.2) is 11.6 Å². The summed E-state index contributed by atoms with van der Waals surface area (Å²) in [4.78, 5) is 0. The lowest BCUT2D eigenvalue weighted by Gasteiger charge is -2.07. The van der Waals surface area contributed by atoms with Crippen molar-refractivity contribution in [2.75, 3.05) is 5.32 Å². The van der Waals surface area contributed by atoms with Crippen molar-refractivity contribution in [1.82, 2.24) is 15.4 Å². The van der Waals surface area contributed by atoms with Gasteiger partial charge < -0.3 is 9.84 Å². The molecule has 0 aliphatic carbocycles. The molecule has 2 aromatic heterocycles. The van der Waals surface area contributed by atoms with E-state index in [4.69, 9.17) is 4.52 Å². The molecular weight excluding hydrogens is 290 g/mol. The summed E-state index contributed by atoms with van der Waals surface area (Å²) in [6, 6.07) is 13.8. The zero-order chi connectivity index (χ0) is 16.2. The standard InChI is InChI=1S/C17H15N5O/c1-11-12(2)20-21-17(15(11)9-18)19-10-14-8-16(22-23-14)13-6-4-3-5-7-13/h3-8H,10H2,1-2H3,(H,19,21). The zero-order valence-corrected chi connectivity index (χ0v) is 12.9. The Hall–Kier alpha value is -3.20. The second-order valence-electron chi connectivity index (χ2n) is 5.14. The lowest BCUT2D eigenvalue weighted by Crippen LogP contribution is -2.07. The average Bonchev–Trinajstić information content (AvgIpc) is 3.06. The van der Waals surface area contributed by atoms with Crippen LogP contribution in [0.15, 0.2) is 40.9 Å². The van der Waals surface area contributed by atoms with Gasteiger partial charge in [-0.2, -0.15) is 10.4 Å². The first-order chi connectivity index (χ1) is 11.2. The molecular formula is C17H15N5O. The maximum atomic E-state index is 9.28. The number of hydrogen-bond acceptors (Lipinski definition) is 6. The first-order valence-corrected chi connectivity index (χ1v) is 7.18. The third kappa shape index (κ3) is 3.04. The molecule has 0 aliphatic heterocycles. The van der Waals surface area contributed by atoms with E-state index in [1.54, 1.807) is 0 Å². The van der Waals surface area contributed by atoms with Gasteiger partial charge in [-0.3, -0.25) is 0 Å². The number of nitrogens with zero attached hydrogens (tertiary/aromatic N) is 4. The molecule has 1 N–H and O–H groups in total. The number of anilines is 1. The van der Waals surface area contributed by atoms with Gasteiger partial charge in [-0.25, -0.2) is 0 Å². The molecule has 0 saturated heterocycles. The van der Waals surface area contributed by atoms with Crippen molar-refractivity contribution < 1.29 is 4.52 Å². The highest BCUT2D eigenvalue weighted by Crippen LogP contribution is 2.21. The van der Waals surface area contributed by atoms with Crippen molar-refractivity contribution >= 4 is 5.82 Å². The maximum absolute atomic E-state index is 9.28. The van der Waals surface area contributed by atoms with Crippen LogP contribution in [0.1, 0.15) is 22.6 Å². The van der Waals surface area contributed by atoms with Crippen LogP contribution in [0.2, 0.25) is 0 Å². The van der Waals surface area contributed by atoms with E-state index in [2.05, 4.69) is 26.7 Å². The summed E-state index contributed by atoms with van der Waals surface area (Å²) in [5.74, 6) is 1.11. The molecule has 6 heteroatoms. The van der Waals surface area contributed by atoms with Gasteiger partial charge in [-0.05, 0) is 19.4 Å². The second kappa shape index (κ2) is 6.28. The minimum atomic E-state index is 0.381. The normalized spacial score (nSPS) is 10.3. The van der Waals surface area contributed by atoms with Crippen molar-refractivity contribution in [2.45, 2.75) is 20.4 Å². The zero-order valence-electron chi connectivity index (χ0n) is 12.9. The van der Waals surface area contributed by atoms with E-state index in [0.717, 1.165) is 22.5 Å². The van der Waals surface area contributed by atoms with Crippen molar-refractivity contribution in [1.29, 1.82) is 5.26 Å². The van der Waals surface area contributed by atoms with Crippen LogP contribution >= 0.6 is 0 Å². The molecule has 23 heavy (non-hydrogen) atoms. The van der Waals surface area contributed by atoms with Crippen LogP contribution < -0.4 is 5.32 Å². The topological polar surface area (TPSA) is 87.6 Å². The summed E-state index contributed by atoms with van der Waals surface area (Å²) >= 11 is 0. The highest BCUT2D eigenvalue weighted by Gasteiger charge is 2.12. The Morgan fingerprint density at radius 2 is 1.96 bits per heavy atom. The Kier molecular flexibility index (Phi) is 4.02. The van der Waals surface area contributed by atoms with Crippen LogP contribution in [-0.4, -0.2) is 15.4 Å². The molecule has 0 aliphatic rings. The molecule has 0 amide bonds. The summed E-state index contributed by atoms with van der Waals surface area (Å²) in [7, 11) is 0. The van der Waals surface area contributed by atoms with Crippen LogP contribution in [0, 0.1) is 25.2 Å². The molecule has 114 valence electrons. The minimum Gasteiger partial charge on any atom is -0.360 e. The number of nitrogens with one attached hydrogen (secondary N) is 1. The van der Waals surface area contributed by atoms with Crippen LogP contribution in [0.5, 0.6) is 0 Å². The molecule has 0 radical (unpaired) electrons. The van der Waals surface area contributed by atoms with E-state index in [-0.39, 0.29) is 0 Å². The highest BCUT2D eigenvalue weighted by atomic mass is 16.5. The molecule has 2 heterocycles. The average molecular weight is 305 g/mol. The fraction of sp³-hybridized carbons (Fsp3) is 0.176. The number of aryl methyl sites for hydroxylation is 1. The minimum absolute atomic E-state index is 0.381. The monoisotopic (exact) mass is 305 g/mol. The molecule has 3 aromatic rings. The second-order valence-corrected chi connectivity index (χ2v) is 5.14. The Morgan fingerprint density at radius 1 is 1.17 bits per heavy atom. The summed E-state index contributed by atoms with van der Waals surface area (Å²) in [5, 5.41) is 24.5. The van der Waals surface area contributed by atoms with Gasteiger partial charge in [-0.1, -0.05) is 35.5 Å². The molecule has 0 spiro atoms. The third-order valence-corrected chi connectivity index (χ3v) is 3.62. The van der Waals surface area contributed by atoms with Gasteiger partial charge in [0.25, 0.3) is 0 Å². The van der Waals surface area contributed by atoms with Crippen LogP contribution in [0.25, 0.3) is 11.3 Å². The summed E-state index contributed by atoms with van der Waals surface area (Å²) in [5.41, 5.74) is 3.84. The Labute approximate surface area is 133 Å². The quantitative estimate of drug-likeness (QED) is 0.796. The van der Waals surface area contributed by atoms with Gasteiger partial charge in [0.2, 0.25) is 0 Å². The first-order valence-electron chi connectivity index (χ1n) is 7.18. The van der Waals surface area contributed by atoms with Gasteiger partial charge in [0, 0.05) is 11.6 Å². The fourth-order valence-corrected chi connectivity index (χ4v) is 2.18. The predicted molar refractivity (Wildman–Crippen MR) is 85.5 cm³/mol. The fourth-order valence-electron chi connectivity index (χ4n) is 2.18. The van der Waals surface area contributed by atoms with E-state index >= 15 is 0 Å². The summed E-state index contributed by atoms with van der Waals surface area (Å²) in [6.07, 6.45) is 0. The molecule has 0 fully saturated rings. The van der Waals surface area contributed by atoms with Gasteiger partial charge in [0.1, 0.15) is 17.3 Å². The van der Waals surface area contributed by atoms with E-state index < -0.39 is 0 Å².